The summed E-state index contributed by atoms with van der Waals surface area (Å²) in [5, 5.41) is 8.39. The zero-order valence-electron chi connectivity index (χ0n) is 18.2. The maximum atomic E-state index is 12.8. The summed E-state index contributed by atoms with van der Waals surface area (Å²) < 4.78 is 5.29. The Morgan fingerprint density at radius 2 is 1.69 bits per heavy atom. The van der Waals surface area contributed by atoms with Gasteiger partial charge in [-0.2, -0.15) is 0 Å². The molecule has 0 aromatic heterocycles. The molecule has 1 rings (SSSR count). The molecule has 3 amide bonds. The number of alkyl carbamates (subject to hydrolysis) is 1. The van der Waals surface area contributed by atoms with Crippen LogP contribution >= 0.6 is 0 Å². The van der Waals surface area contributed by atoms with Gasteiger partial charge in [0.1, 0.15) is 11.6 Å². The summed E-state index contributed by atoms with van der Waals surface area (Å²) in [5.74, 6) is -0.320. The SMILES string of the molecule is CC(=O)NCCCC[C@H](NC(=O)OC(C)(C)C)C(=O)N[C@@H](C)Cc1ccccc1. The highest BCUT2D eigenvalue weighted by molar-refractivity contribution is 5.85. The molecule has 0 radical (unpaired) electrons. The van der Waals surface area contributed by atoms with Crippen LogP contribution in [0.5, 0.6) is 0 Å². The molecular weight excluding hydrogens is 370 g/mol. The lowest BCUT2D eigenvalue weighted by atomic mass is 10.1. The van der Waals surface area contributed by atoms with Crippen LogP contribution in [-0.4, -0.2) is 42.1 Å². The monoisotopic (exact) mass is 405 g/mol. The van der Waals surface area contributed by atoms with Crippen molar-refractivity contribution < 1.29 is 19.1 Å². The third-order valence-corrected chi connectivity index (χ3v) is 4.07. The molecule has 0 saturated carbocycles. The molecule has 1 aromatic carbocycles. The topological polar surface area (TPSA) is 96.5 Å². The summed E-state index contributed by atoms with van der Waals surface area (Å²) in [7, 11) is 0. The van der Waals surface area contributed by atoms with Crippen molar-refractivity contribution in [1.82, 2.24) is 16.0 Å². The quantitative estimate of drug-likeness (QED) is 0.522. The van der Waals surface area contributed by atoms with Gasteiger partial charge in [0.05, 0.1) is 0 Å². The third kappa shape index (κ3) is 11.8. The van der Waals surface area contributed by atoms with Crippen molar-refractivity contribution in [2.75, 3.05) is 6.54 Å². The molecule has 3 N–H and O–H groups in total. The largest absolute Gasteiger partial charge is 0.444 e. The maximum Gasteiger partial charge on any atom is 0.408 e. The lowest BCUT2D eigenvalue weighted by molar-refractivity contribution is -0.124. The molecule has 0 saturated heterocycles. The van der Waals surface area contributed by atoms with Gasteiger partial charge in [-0.05, 0) is 58.9 Å². The molecule has 0 aliphatic carbocycles. The third-order valence-electron chi connectivity index (χ3n) is 4.07. The first-order valence-electron chi connectivity index (χ1n) is 10.1. The highest BCUT2D eigenvalue weighted by Gasteiger charge is 2.25. The molecule has 0 aliphatic rings. The number of benzene rings is 1. The van der Waals surface area contributed by atoms with Crippen molar-refractivity contribution in [3.05, 3.63) is 35.9 Å². The maximum absolute atomic E-state index is 12.8. The van der Waals surface area contributed by atoms with E-state index < -0.39 is 17.7 Å². The number of hydrogen-bond acceptors (Lipinski definition) is 4. The Hall–Kier alpha value is -2.57. The van der Waals surface area contributed by atoms with Gasteiger partial charge >= 0.3 is 6.09 Å². The number of rotatable bonds is 10. The van der Waals surface area contributed by atoms with Crippen molar-refractivity contribution in [2.24, 2.45) is 0 Å². The Kier molecular flexibility index (Phi) is 10.2. The van der Waals surface area contributed by atoms with Crippen LogP contribution in [0.2, 0.25) is 0 Å². The molecule has 0 bridgehead atoms. The van der Waals surface area contributed by atoms with E-state index in [1.807, 2.05) is 37.3 Å². The Bertz CT molecular complexity index is 656. The minimum Gasteiger partial charge on any atom is -0.444 e. The number of unbranched alkanes of at least 4 members (excludes halogenated alkanes) is 1. The van der Waals surface area contributed by atoms with E-state index in [2.05, 4.69) is 16.0 Å². The van der Waals surface area contributed by atoms with E-state index >= 15 is 0 Å². The van der Waals surface area contributed by atoms with Crippen LogP contribution in [0, 0.1) is 0 Å². The molecule has 0 fully saturated rings. The molecule has 1 aromatic rings. The fourth-order valence-electron chi connectivity index (χ4n) is 2.82. The van der Waals surface area contributed by atoms with Gasteiger partial charge < -0.3 is 20.7 Å². The second-order valence-electron chi connectivity index (χ2n) is 8.28. The van der Waals surface area contributed by atoms with Crippen molar-refractivity contribution >= 4 is 17.9 Å². The van der Waals surface area contributed by atoms with E-state index in [1.54, 1.807) is 20.8 Å². The van der Waals surface area contributed by atoms with Gasteiger partial charge in [0.2, 0.25) is 11.8 Å². The lowest BCUT2D eigenvalue weighted by Crippen LogP contribution is -2.50. The summed E-state index contributed by atoms with van der Waals surface area (Å²) in [6, 6.07) is 9.14. The van der Waals surface area contributed by atoms with Crippen LogP contribution in [0.25, 0.3) is 0 Å². The van der Waals surface area contributed by atoms with Crippen LogP contribution in [0.15, 0.2) is 30.3 Å². The first-order chi connectivity index (χ1) is 13.6. The fraction of sp³-hybridized carbons (Fsp3) is 0.591. The first kappa shape index (κ1) is 24.5. The first-order valence-corrected chi connectivity index (χ1v) is 10.1. The Morgan fingerprint density at radius 1 is 1.03 bits per heavy atom. The molecule has 29 heavy (non-hydrogen) atoms. The van der Waals surface area contributed by atoms with E-state index in [9.17, 15) is 14.4 Å². The smallest absolute Gasteiger partial charge is 0.408 e. The average Bonchev–Trinajstić information content (AvgIpc) is 2.59. The standard InChI is InChI=1S/C22H35N3O4/c1-16(15-18-11-7-6-8-12-18)24-20(27)19(13-9-10-14-23-17(2)26)25-21(28)29-22(3,4)5/h6-8,11-12,16,19H,9-10,13-15H2,1-5H3,(H,23,26)(H,24,27)(H,25,28)/t16-,19-/m0/s1. The molecule has 0 unspecified atom stereocenters. The van der Waals surface area contributed by atoms with E-state index in [0.717, 1.165) is 12.0 Å². The van der Waals surface area contributed by atoms with Crippen LogP contribution in [0.4, 0.5) is 4.79 Å². The fourth-order valence-corrected chi connectivity index (χ4v) is 2.82. The number of carbonyl (C=O) groups is 3. The van der Waals surface area contributed by atoms with Crippen LogP contribution in [0.3, 0.4) is 0 Å². The Balaban J connectivity index is 2.62. The van der Waals surface area contributed by atoms with Gasteiger partial charge in [-0.15, -0.1) is 0 Å². The molecule has 7 nitrogen and oxygen atoms in total. The Morgan fingerprint density at radius 3 is 2.28 bits per heavy atom. The molecule has 162 valence electrons. The van der Waals surface area contributed by atoms with Gasteiger partial charge in [-0.25, -0.2) is 4.79 Å². The average molecular weight is 406 g/mol. The summed E-state index contributed by atoms with van der Waals surface area (Å²) in [4.78, 5) is 35.9. The minimum atomic E-state index is -0.694. The number of hydrogen-bond donors (Lipinski definition) is 3. The highest BCUT2D eigenvalue weighted by atomic mass is 16.6. The van der Waals surface area contributed by atoms with Crippen molar-refractivity contribution in [3.63, 3.8) is 0 Å². The second kappa shape index (κ2) is 12.1. The molecule has 2 atom stereocenters. The van der Waals surface area contributed by atoms with Crippen molar-refractivity contribution in [3.8, 4) is 0 Å². The molecule has 0 heterocycles. The Labute approximate surface area is 174 Å². The molecule has 0 aliphatic heterocycles. The number of nitrogens with one attached hydrogen (secondary N) is 3. The normalized spacial score (nSPS) is 13.1. The van der Waals surface area contributed by atoms with Crippen LogP contribution in [0.1, 0.15) is 59.4 Å². The number of amides is 3. The second-order valence-corrected chi connectivity index (χ2v) is 8.28. The van der Waals surface area contributed by atoms with Crippen molar-refractivity contribution in [2.45, 2.75) is 78.0 Å². The predicted molar refractivity (Wildman–Crippen MR) is 113 cm³/mol. The summed E-state index contributed by atoms with van der Waals surface area (Å²) in [6.07, 6.45) is 1.95. The summed E-state index contributed by atoms with van der Waals surface area (Å²) in [5.41, 5.74) is 0.490. The van der Waals surface area contributed by atoms with Crippen molar-refractivity contribution in [1.29, 1.82) is 0 Å². The summed E-state index contributed by atoms with van der Waals surface area (Å²) in [6.45, 7) is 9.27. The van der Waals surface area contributed by atoms with Gasteiger partial charge in [0.25, 0.3) is 0 Å². The van der Waals surface area contributed by atoms with E-state index in [0.29, 0.717) is 25.8 Å². The van der Waals surface area contributed by atoms with Gasteiger partial charge in [0, 0.05) is 19.5 Å². The zero-order valence-corrected chi connectivity index (χ0v) is 18.2. The molecule has 0 spiro atoms. The van der Waals surface area contributed by atoms with Gasteiger partial charge in [-0.1, -0.05) is 30.3 Å². The minimum absolute atomic E-state index is 0.0767. The van der Waals surface area contributed by atoms with E-state index in [1.165, 1.54) is 6.92 Å². The zero-order chi connectivity index (χ0) is 21.9. The molecular formula is C22H35N3O4. The van der Waals surface area contributed by atoms with E-state index in [4.69, 9.17) is 4.74 Å². The van der Waals surface area contributed by atoms with Gasteiger partial charge in [0.15, 0.2) is 0 Å². The van der Waals surface area contributed by atoms with Crippen LogP contribution < -0.4 is 16.0 Å². The van der Waals surface area contributed by atoms with E-state index in [-0.39, 0.29) is 17.9 Å². The lowest BCUT2D eigenvalue weighted by Gasteiger charge is -2.24. The predicted octanol–water partition coefficient (Wildman–Crippen LogP) is 2.93. The van der Waals surface area contributed by atoms with Gasteiger partial charge in [-0.3, -0.25) is 9.59 Å². The molecule has 7 heteroatoms. The highest BCUT2D eigenvalue weighted by Crippen LogP contribution is 2.09. The number of carbonyl (C=O) groups excluding carboxylic acids is 3. The summed E-state index contributed by atoms with van der Waals surface area (Å²) >= 11 is 0. The van der Waals surface area contributed by atoms with Crippen LogP contribution in [-0.2, 0) is 20.7 Å². The number of ether oxygens (including phenoxy) is 1.